The van der Waals surface area contributed by atoms with Gasteiger partial charge in [-0.05, 0) is 45.7 Å². The Kier molecular flexibility index (Phi) is 8.77. The monoisotopic (exact) mass is 412 g/mol. The number of hydrogen-bond donors (Lipinski definition) is 1. The summed E-state index contributed by atoms with van der Waals surface area (Å²) in [6.45, 7) is 10.2. The Morgan fingerprint density at radius 2 is 1.41 bits per heavy atom. The molecule has 1 N–H and O–H groups in total. The van der Waals surface area contributed by atoms with Gasteiger partial charge in [0.15, 0.2) is 0 Å². The van der Waals surface area contributed by atoms with Crippen molar-refractivity contribution in [1.29, 1.82) is 0 Å². The average Bonchev–Trinajstić information content (AvgIpc) is 2.68. The van der Waals surface area contributed by atoms with Crippen LogP contribution in [0.4, 0.5) is 0 Å². The number of aryl methyl sites for hydroxylation is 2. The summed E-state index contributed by atoms with van der Waals surface area (Å²) in [5.74, 6) is 0.980. The number of hydrogen-bond acceptors (Lipinski definition) is 3. The van der Waals surface area contributed by atoms with E-state index >= 15 is 0 Å². The summed E-state index contributed by atoms with van der Waals surface area (Å²) >= 11 is 1.58. The summed E-state index contributed by atoms with van der Waals surface area (Å²) in [4.78, 5) is 27.3. The fraction of sp³-hybridized carbons (Fsp3) is 0.417. The lowest BCUT2D eigenvalue weighted by Gasteiger charge is -2.29. The van der Waals surface area contributed by atoms with Crippen LogP contribution in [0.3, 0.4) is 0 Å². The Morgan fingerprint density at radius 1 is 0.897 bits per heavy atom. The molecule has 0 bridgehead atoms. The van der Waals surface area contributed by atoms with Gasteiger partial charge in [-0.2, -0.15) is 0 Å². The van der Waals surface area contributed by atoms with Gasteiger partial charge in [0.1, 0.15) is 6.04 Å². The minimum absolute atomic E-state index is 0.0194. The van der Waals surface area contributed by atoms with Crippen LogP contribution >= 0.6 is 11.8 Å². The van der Waals surface area contributed by atoms with Crippen LogP contribution in [0.5, 0.6) is 0 Å². The molecule has 156 valence electrons. The summed E-state index contributed by atoms with van der Waals surface area (Å²) < 4.78 is 0. The number of carbonyl (C=O) groups is 2. The molecular weight excluding hydrogens is 380 g/mol. The van der Waals surface area contributed by atoms with Crippen molar-refractivity contribution in [1.82, 2.24) is 10.2 Å². The number of thioether (sulfide) groups is 1. The highest BCUT2D eigenvalue weighted by atomic mass is 32.2. The molecule has 0 aliphatic heterocycles. The highest BCUT2D eigenvalue weighted by molar-refractivity contribution is 7.99. The van der Waals surface area contributed by atoms with E-state index in [-0.39, 0.29) is 17.9 Å². The van der Waals surface area contributed by atoms with Crippen molar-refractivity contribution in [2.45, 2.75) is 59.0 Å². The number of benzene rings is 2. The molecule has 29 heavy (non-hydrogen) atoms. The van der Waals surface area contributed by atoms with Crippen molar-refractivity contribution in [2.75, 3.05) is 5.75 Å². The predicted octanol–water partition coefficient (Wildman–Crippen LogP) is 4.48. The minimum atomic E-state index is -0.522. The summed E-state index contributed by atoms with van der Waals surface area (Å²) in [5, 5.41) is 2.92. The molecule has 2 rings (SSSR count). The van der Waals surface area contributed by atoms with E-state index in [2.05, 4.69) is 36.5 Å². The van der Waals surface area contributed by atoms with Gasteiger partial charge in [0.2, 0.25) is 11.8 Å². The van der Waals surface area contributed by atoms with E-state index in [1.165, 1.54) is 16.7 Å². The van der Waals surface area contributed by atoms with Crippen molar-refractivity contribution >= 4 is 23.6 Å². The first-order valence-corrected chi connectivity index (χ1v) is 11.2. The molecule has 0 heterocycles. The Balaban J connectivity index is 2.05. The minimum Gasteiger partial charge on any atom is -0.352 e. The molecule has 1 unspecified atom stereocenters. The number of carbonyl (C=O) groups excluding carboxylic acids is 2. The van der Waals surface area contributed by atoms with Crippen LogP contribution in [-0.4, -0.2) is 34.6 Å². The second-order valence-electron chi connectivity index (χ2n) is 7.82. The Hall–Kier alpha value is -2.27. The van der Waals surface area contributed by atoms with E-state index in [4.69, 9.17) is 0 Å². The second-order valence-corrected chi connectivity index (χ2v) is 8.81. The lowest BCUT2D eigenvalue weighted by molar-refractivity contribution is -0.138. The zero-order valence-corrected chi connectivity index (χ0v) is 18.9. The zero-order valence-electron chi connectivity index (χ0n) is 18.1. The lowest BCUT2D eigenvalue weighted by atomic mass is 10.1. The predicted molar refractivity (Wildman–Crippen MR) is 122 cm³/mol. The Bertz CT molecular complexity index is 801. The van der Waals surface area contributed by atoms with Gasteiger partial charge >= 0.3 is 0 Å². The molecule has 0 spiro atoms. The molecule has 1 atom stereocenters. The Labute approximate surface area is 179 Å². The molecule has 0 aliphatic rings. The van der Waals surface area contributed by atoms with Crippen molar-refractivity contribution in [3.05, 3.63) is 70.8 Å². The van der Waals surface area contributed by atoms with Crippen LogP contribution in [0, 0.1) is 13.8 Å². The summed E-state index contributed by atoms with van der Waals surface area (Å²) in [6.07, 6.45) is 0. The van der Waals surface area contributed by atoms with E-state index in [0.29, 0.717) is 12.3 Å². The van der Waals surface area contributed by atoms with E-state index < -0.39 is 6.04 Å². The van der Waals surface area contributed by atoms with Crippen LogP contribution in [0.25, 0.3) is 0 Å². The zero-order chi connectivity index (χ0) is 21.4. The molecule has 0 saturated carbocycles. The van der Waals surface area contributed by atoms with E-state index in [9.17, 15) is 9.59 Å². The quantitative estimate of drug-likeness (QED) is 0.661. The molecular formula is C24H32N2O2S. The van der Waals surface area contributed by atoms with Crippen LogP contribution in [-0.2, 0) is 21.9 Å². The van der Waals surface area contributed by atoms with Crippen LogP contribution in [0.2, 0.25) is 0 Å². The molecule has 2 amide bonds. The number of nitrogens with one attached hydrogen (secondary N) is 1. The molecule has 2 aromatic carbocycles. The van der Waals surface area contributed by atoms with Gasteiger partial charge in [-0.15, -0.1) is 11.8 Å². The maximum absolute atomic E-state index is 13.0. The third-order valence-electron chi connectivity index (χ3n) is 4.69. The van der Waals surface area contributed by atoms with Gasteiger partial charge in [0.25, 0.3) is 0 Å². The Morgan fingerprint density at radius 3 is 1.93 bits per heavy atom. The van der Waals surface area contributed by atoms with Gasteiger partial charge in [0.05, 0.1) is 5.75 Å². The van der Waals surface area contributed by atoms with Gasteiger partial charge in [-0.25, -0.2) is 0 Å². The number of nitrogens with zero attached hydrogens (tertiary/aromatic N) is 1. The maximum atomic E-state index is 13.0. The standard InChI is InChI=1S/C24H32N2O2S/c1-17(2)25-24(28)20(5)26(14-21-10-6-18(3)7-11-21)23(27)16-29-15-22-12-8-19(4)9-13-22/h6-13,17,20H,14-16H2,1-5H3,(H,25,28). The second kappa shape index (κ2) is 11.1. The molecule has 0 aliphatic carbocycles. The van der Waals surface area contributed by atoms with Gasteiger partial charge < -0.3 is 10.2 Å². The van der Waals surface area contributed by atoms with Crippen LogP contribution in [0.1, 0.15) is 43.0 Å². The van der Waals surface area contributed by atoms with Crippen molar-refractivity contribution in [3.8, 4) is 0 Å². The van der Waals surface area contributed by atoms with E-state index in [1.807, 2.05) is 45.0 Å². The molecule has 0 aromatic heterocycles. The van der Waals surface area contributed by atoms with Gasteiger partial charge in [-0.1, -0.05) is 59.7 Å². The smallest absolute Gasteiger partial charge is 0.242 e. The summed E-state index contributed by atoms with van der Waals surface area (Å²) in [5.41, 5.74) is 4.62. The van der Waals surface area contributed by atoms with Gasteiger partial charge in [-0.3, -0.25) is 9.59 Å². The highest BCUT2D eigenvalue weighted by Crippen LogP contribution is 2.17. The van der Waals surface area contributed by atoms with Crippen molar-refractivity contribution < 1.29 is 9.59 Å². The summed E-state index contributed by atoms with van der Waals surface area (Å²) in [7, 11) is 0. The first-order chi connectivity index (χ1) is 13.8. The summed E-state index contributed by atoms with van der Waals surface area (Å²) in [6, 6.07) is 16.0. The topological polar surface area (TPSA) is 49.4 Å². The molecule has 4 nitrogen and oxygen atoms in total. The van der Waals surface area contributed by atoms with Crippen LogP contribution < -0.4 is 5.32 Å². The third-order valence-corrected chi connectivity index (χ3v) is 5.68. The first-order valence-electron chi connectivity index (χ1n) is 10.0. The molecule has 0 fully saturated rings. The number of rotatable bonds is 9. The lowest BCUT2D eigenvalue weighted by Crippen LogP contribution is -2.49. The van der Waals surface area contributed by atoms with Gasteiger partial charge in [0, 0.05) is 18.3 Å². The van der Waals surface area contributed by atoms with E-state index in [0.717, 1.165) is 11.3 Å². The fourth-order valence-corrected chi connectivity index (χ4v) is 3.77. The SMILES string of the molecule is Cc1ccc(CSCC(=O)N(Cc2ccc(C)cc2)C(C)C(=O)NC(C)C)cc1. The maximum Gasteiger partial charge on any atom is 0.242 e. The molecule has 2 aromatic rings. The van der Waals surface area contributed by atoms with Crippen molar-refractivity contribution in [2.24, 2.45) is 0 Å². The van der Waals surface area contributed by atoms with Crippen molar-refractivity contribution in [3.63, 3.8) is 0 Å². The fourth-order valence-electron chi connectivity index (χ4n) is 2.90. The van der Waals surface area contributed by atoms with Crippen LogP contribution in [0.15, 0.2) is 48.5 Å². The highest BCUT2D eigenvalue weighted by Gasteiger charge is 2.26. The number of amides is 2. The third kappa shape index (κ3) is 7.58. The normalized spacial score (nSPS) is 11.9. The molecule has 0 radical (unpaired) electrons. The molecule has 5 heteroatoms. The average molecular weight is 413 g/mol. The molecule has 0 saturated heterocycles. The largest absolute Gasteiger partial charge is 0.352 e. The van der Waals surface area contributed by atoms with E-state index in [1.54, 1.807) is 23.6 Å². The first kappa shape index (κ1) is 23.0.